The van der Waals surface area contributed by atoms with Gasteiger partial charge in [0.25, 0.3) is 0 Å². The first kappa shape index (κ1) is 18.1. The van der Waals surface area contributed by atoms with Gasteiger partial charge in [-0.25, -0.2) is 0 Å². The Morgan fingerprint density at radius 2 is 1.82 bits per heavy atom. The van der Waals surface area contributed by atoms with Crippen LogP contribution >= 0.6 is 0 Å². The molecule has 122 valence electrons. The van der Waals surface area contributed by atoms with Gasteiger partial charge in [0.05, 0.1) is 6.10 Å². The number of aryl methyl sites for hydroxylation is 1. The zero-order valence-electron chi connectivity index (χ0n) is 12.7. The first-order chi connectivity index (χ1) is 10.2. The molecule has 6 heteroatoms. The minimum Gasteiger partial charge on any atom is -0.393 e. The predicted molar refractivity (Wildman–Crippen MR) is 82.5 cm³/mol. The van der Waals surface area contributed by atoms with Gasteiger partial charge in [-0.2, -0.15) is 0 Å². The first-order valence-electron chi connectivity index (χ1n) is 7.26. The lowest BCUT2D eigenvalue weighted by Crippen LogP contribution is -2.45. The number of carbonyl (C=O) groups excluding carboxylic acids is 2. The van der Waals surface area contributed by atoms with Gasteiger partial charge in [0, 0.05) is 5.92 Å². The molecule has 3 atom stereocenters. The normalized spacial score (nSPS) is 16.5. The average Bonchev–Trinajstić information content (AvgIpc) is 2.45. The van der Waals surface area contributed by atoms with Gasteiger partial charge >= 0.3 is 0 Å². The molecular weight excluding hydrogens is 284 g/mol. The second-order valence-corrected chi connectivity index (χ2v) is 5.86. The number of aliphatic hydroxyl groups excluding tert-OH is 1. The Hall–Kier alpha value is -1.92. The van der Waals surface area contributed by atoms with Crippen molar-refractivity contribution in [2.75, 3.05) is 0 Å². The van der Waals surface area contributed by atoms with Crippen LogP contribution in [0, 0.1) is 5.92 Å². The lowest BCUT2D eigenvalue weighted by Gasteiger charge is -2.25. The van der Waals surface area contributed by atoms with E-state index in [1.165, 1.54) is 6.92 Å². The van der Waals surface area contributed by atoms with Gasteiger partial charge in [-0.05, 0) is 38.2 Å². The third kappa shape index (κ3) is 5.83. The van der Waals surface area contributed by atoms with E-state index in [1.54, 1.807) is 0 Å². The molecule has 0 spiro atoms. The average molecular weight is 308 g/mol. The third-order valence-corrected chi connectivity index (χ3v) is 3.74. The summed E-state index contributed by atoms with van der Waals surface area (Å²) in [7, 11) is 0. The van der Waals surface area contributed by atoms with Crippen LogP contribution < -0.4 is 11.5 Å². The maximum atomic E-state index is 11.5. The summed E-state index contributed by atoms with van der Waals surface area (Å²) in [6.45, 7) is 1.24. The van der Waals surface area contributed by atoms with Crippen molar-refractivity contribution in [3.8, 4) is 0 Å². The molecule has 22 heavy (non-hydrogen) atoms. The lowest BCUT2D eigenvalue weighted by atomic mass is 9.86. The number of primary amides is 2. The topological polar surface area (TPSA) is 127 Å². The molecule has 0 aliphatic rings. The van der Waals surface area contributed by atoms with Crippen molar-refractivity contribution in [1.29, 1.82) is 0 Å². The molecule has 0 aliphatic carbocycles. The van der Waals surface area contributed by atoms with E-state index in [2.05, 4.69) is 0 Å². The van der Waals surface area contributed by atoms with Crippen LogP contribution in [0.1, 0.15) is 31.7 Å². The molecule has 2 amide bonds. The van der Waals surface area contributed by atoms with Gasteiger partial charge in [0.1, 0.15) is 5.60 Å². The number of rotatable bonds is 9. The van der Waals surface area contributed by atoms with E-state index in [1.807, 2.05) is 30.3 Å². The summed E-state index contributed by atoms with van der Waals surface area (Å²) in [6, 6.07) is 9.65. The molecule has 0 aromatic heterocycles. The number of carbonyl (C=O) groups is 2. The molecule has 0 heterocycles. The molecule has 1 rings (SSSR count). The van der Waals surface area contributed by atoms with Gasteiger partial charge in [-0.1, -0.05) is 30.3 Å². The van der Waals surface area contributed by atoms with Crippen LogP contribution in [0.2, 0.25) is 0 Å². The van der Waals surface area contributed by atoms with Crippen LogP contribution in [0.3, 0.4) is 0 Å². The molecular formula is C16H24N2O4. The number of aliphatic hydroxyl groups is 2. The monoisotopic (exact) mass is 308 g/mol. The van der Waals surface area contributed by atoms with Crippen LogP contribution in [0.4, 0.5) is 0 Å². The fourth-order valence-electron chi connectivity index (χ4n) is 2.30. The quantitative estimate of drug-likeness (QED) is 0.516. The summed E-state index contributed by atoms with van der Waals surface area (Å²) in [5.74, 6) is -2.40. The Labute approximate surface area is 130 Å². The van der Waals surface area contributed by atoms with Crippen molar-refractivity contribution in [3.63, 3.8) is 0 Å². The summed E-state index contributed by atoms with van der Waals surface area (Å²) in [5.41, 5.74) is 9.63. The highest BCUT2D eigenvalue weighted by Crippen LogP contribution is 2.22. The SMILES string of the molecule is CC(O)(CC(CC(O)CCc1ccccc1)C(N)=O)C(N)=O. The van der Waals surface area contributed by atoms with E-state index in [0.717, 1.165) is 5.56 Å². The molecule has 0 radical (unpaired) electrons. The van der Waals surface area contributed by atoms with Crippen molar-refractivity contribution in [3.05, 3.63) is 35.9 Å². The van der Waals surface area contributed by atoms with Gasteiger partial charge in [-0.3, -0.25) is 9.59 Å². The predicted octanol–water partition coefficient (Wildman–Crippen LogP) is 0.0981. The third-order valence-electron chi connectivity index (χ3n) is 3.74. The fraction of sp³-hybridized carbons (Fsp3) is 0.500. The molecule has 6 nitrogen and oxygen atoms in total. The van der Waals surface area contributed by atoms with Crippen molar-refractivity contribution in [2.24, 2.45) is 17.4 Å². The van der Waals surface area contributed by atoms with Crippen LogP contribution in [0.25, 0.3) is 0 Å². The van der Waals surface area contributed by atoms with Gasteiger partial charge in [0.15, 0.2) is 0 Å². The number of amides is 2. The molecule has 0 fully saturated rings. The molecule has 1 aromatic carbocycles. The Morgan fingerprint density at radius 3 is 2.32 bits per heavy atom. The molecule has 1 aromatic rings. The van der Waals surface area contributed by atoms with Crippen LogP contribution in [0.15, 0.2) is 30.3 Å². The Kier molecular flexibility index (Phi) is 6.52. The highest BCUT2D eigenvalue weighted by atomic mass is 16.3. The summed E-state index contributed by atoms with van der Waals surface area (Å²) in [5, 5.41) is 19.9. The Balaban J connectivity index is 2.55. The smallest absolute Gasteiger partial charge is 0.249 e. The van der Waals surface area contributed by atoms with Crippen LogP contribution in [0.5, 0.6) is 0 Å². The Bertz CT molecular complexity index is 502. The van der Waals surface area contributed by atoms with Crippen molar-refractivity contribution in [2.45, 2.75) is 44.3 Å². The first-order valence-corrected chi connectivity index (χ1v) is 7.26. The molecule has 3 unspecified atom stereocenters. The summed E-state index contributed by atoms with van der Waals surface area (Å²) < 4.78 is 0. The van der Waals surface area contributed by atoms with Gasteiger partial charge in [0.2, 0.25) is 11.8 Å². The number of hydrogen-bond donors (Lipinski definition) is 4. The summed E-state index contributed by atoms with van der Waals surface area (Å²) in [6.07, 6.45) is 0.277. The molecule has 6 N–H and O–H groups in total. The number of hydrogen-bond acceptors (Lipinski definition) is 4. The van der Waals surface area contributed by atoms with E-state index in [0.29, 0.717) is 12.8 Å². The molecule has 0 saturated carbocycles. The van der Waals surface area contributed by atoms with E-state index >= 15 is 0 Å². The van der Waals surface area contributed by atoms with Crippen LogP contribution in [-0.2, 0) is 16.0 Å². The highest BCUT2D eigenvalue weighted by molar-refractivity contribution is 5.84. The van der Waals surface area contributed by atoms with Crippen molar-refractivity contribution >= 4 is 11.8 Å². The summed E-state index contributed by atoms with van der Waals surface area (Å²) >= 11 is 0. The van der Waals surface area contributed by atoms with Crippen molar-refractivity contribution < 1.29 is 19.8 Å². The zero-order chi connectivity index (χ0) is 16.8. The minimum atomic E-state index is -1.82. The lowest BCUT2D eigenvalue weighted by molar-refractivity contribution is -0.138. The Morgan fingerprint density at radius 1 is 1.23 bits per heavy atom. The second kappa shape index (κ2) is 7.91. The van der Waals surface area contributed by atoms with E-state index in [4.69, 9.17) is 11.5 Å². The molecule has 0 aliphatic heterocycles. The second-order valence-electron chi connectivity index (χ2n) is 5.86. The molecule has 0 saturated heterocycles. The van der Waals surface area contributed by atoms with E-state index in [9.17, 15) is 19.8 Å². The van der Waals surface area contributed by atoms with Gasteiger partial charge in [-0.15, -0.1) is 0 Å². The summed E-state index contributed by atoms with van der Waals surface area (Å²) in [4.78, 5) is 22.6. The van der Waals surface area contributed by atoms with Crippen molar-refractivity contribution in [1.82, 2.24) is 0 Å². The standard InChI is InChI=1S/C16H24N2O4/c1-16(22,15(18)21)10-12(14(17)20)9-13(19)8-7-11-5-3-2-4-6-11/h2-6,12-13,19,22H,7-10H2,1H3,(H2,17,20)(H2,18,21). The minimum absolute atomic E-state index is 0.0889. The number of benzene rings is 1. The largest absolute Gasteiger partial charge is 0.393 e. The number of nitrogens with two attached hydrogens (primary N) is 2. The fourth-order valence-corrected chi connectivity index (χ4v) is 2.30. The highest BCUT2D eigenvalue weighted by Gasteiger charge is 2.34. The maximum Gasteiger partial charge on any atom is 0.249 e. The van der Waals surface area contributed by atoms with E-state index < -0.39 is 29.4 Å². The molecule has 0 bridgehead atoms. The zero-order valence-corrected chi connectivity index (χ0v) is 12.7. The maximum absolute atomic E-state index is 11.5. The van der Waals surface area contributed by atoms with Crippen LogP contribution in [-0.4, -0.2) is 33.7 Å². The van der Waals surface area contributed by atoms with Gasteiger partial charge < -0.3 is 21.7 Å². The van der Waals surface area contributed by atoms with E-state index in [-0.39, 0.29) is 12.8 Å².